The second-order valence-corrected chi connectivity index (χ2v) is 7.50. The molecule has 2 aromatic carbocycles. The summed E-state index contributed by atoms with van der Waals surface area (Å²) < 4.78 is 10.5. The van der Waals surface area contributed by atoms with Gasteiger partial charge in [-0.1, -0.05) is 30.3 Å². The van der Waals surface area contributed by atoms with E-state index in [1.807, 2.05) is 25.1 Å². The van der Waals surface area contributed by atoms with Crippen LogP contribution in [0.1, 0.15) is 16.1 Å². The van der Waals surface area contributed by atoms with Gasteiger partial charge >= 0.3 is 0 Å². The van der Waals surface area contributed by atoms with Gasteiger partial charge in [0, 0.05) is 23.6 Å². The third kappa shape index (κ3) is 5.68. The summed E-state index contributed by atoms with van der Waals surface area (Å²) in [5.74, 6) is 1.16. The number of aromatic nitrogens is 1. The van der Waals surface area contributed by atoms with Crippen LogP contribution in [-0.4, -0.2) is 31.7 Å². The quantitative estimate of drug-likeness (QED) is 0.557. The molecule has 0 fully saturated rings. The van der Waals surface area contributed by atoms with Gasteiger partial charge in [0.1, 0.15) is 0 Å². The molecule has 0 atom stereocenters. The lowest BCUT2D eigenvalue weighted by Crippen LogP contribution is -2.23. The van der Waals surface area contributed by atoms with Crippen LogP contribution >= 0.6 is 11.3 Å². The molecule has 0 spiro atoms. The summed E-state index contributed by atoms with van der Waals surface area (Å²) in [5.41, 5.74) is 4.16. The monoisotopic (exact) mass is 408 g/mol. The minimum atomic E-state index is -0.130. The van der Waals surface area contributed by atoms with Gasteiger partial charge in [-0.15, -0.1) is 11.3 Å². The van der Waals surface area contributed by atoms with Crippen LogP contribution in [0.15, 0.2) is 53.9 Å². The van der Waals surface area contributed by atoms with E-state index in [1.165, 1.54) is 11.6 Å². The molecule has 0 aliphatic heterocycles. The van der Waals surface area contributed by atoms with Gasteiger partial charge in [-0.3, -0.25) is 4.79 Å². The maximum absolute atomic E-state index is 12.1. The largest absolute Gasteiger partial charge is 0.493 e. The van der Waals surface area contributed by atoms with Crippen molar-refractivity contribution >= 4 is 23.3 Å². The van der Waals surface area contributed by atoms with E-state index in [4.69, 9.17) is 9.47 Å². The predicted octanol–water partition coefficient (Wildman–Crippen LogP) is 4.51. The molecular weight excluding hydrogens is 384 g/mol. The standard InChI is InChI=1S/C23H24N2O3S/c1-16-25-20(15-29-16)19-8-4-17(5-9-19)12-13-24-23(26)11-7-18-6-10-21(27-2)22(14-18)28-3/h4-11,14-15H,12-13H2,1-3H3,(H,24,26)/b11-7+. The highest BCUT2D eigenvalue weighted by atomic mass is 32.1. The molecule has 3 rings (SSSR count). The first-order valence-corrected chi connectivity index (χ1v) is 10.2. The topological polar surface area (TPSA) is 60.5 Å². The summed E-state index contributed by atoms with van der Waals surface area (Å²) in [6.45, 7) is 2.58. The van der Waals surface area contributed by atoms with Gasteiger partial charge in [0.05, 0.1) is 24.9 Å². The number of rotatable bonds is 8. The Morgan fingerprint density at radius 2 is 1.86 bits per heavy atom. The summed E-state index contributed by atoms with van der Waals surface area (Å²) in [5, 5.41) is 6.04. The molecule has 3 aromatic rings. The third-order valence-corrected chi connectivity index (χ3v) is 5.19. The fourth-order valence-corrected chi connectivity index (χ4v) is 3.48. The molecule has 0 aliphatic rings. The number of aryl methyl sites for hydroxylation is 1. The molecule has 0 bridgehead atoms. The van der Waals surface area contributed by atoms with Gasteiger partial charge in [-0.05, 0) is 42.7 Å². The Morgan fingerprint density at radius 3 is 2.52 bits per heavy atom. The van der Waals surface area contributed by atoms with Gasteiger partial charge in [0.15, 0.2) is 11.5 Å². The molecule has 1 amide bonds. The number of ether oxygens (including phenoxy) is 2. The molecule has 29 heavy (non-hydrogen) atoms. The van der Waals surface area contributed by atoms with Crippen molar-refractivity contribution in [2.75, 3.05) is 20.8 Å². The number of nitrogens with zero attached hydrogens (tertiary/aromatic N) is 1. The van der Waals surface area contributed by atoms with Crippen molar-refractivity contribution in [1.29, 1.82) is 0 Å². The van der Waals surface area contributed by atoms with Crippen molar-refractivity contribution in [2.24, 2.45) is 0 Å². The Balaban J connectivity index is 1.49. The number of amides is 1. The Labute approximate surface area is 175 Å². The van der Waals surface area contributed by atoms with Crippen molar-refractivity contribution in [3.63, 3.8) is 0 Å². The summed E-state index contributed by atoms with van der Waals surface area (Å²) in [7, 11) is 3.18. The van der Waals surface area contributed by atoms with Gasteiger partial charge in [-0.25, -0.2) is 4.98 Å². The fourth-order valence-electron chi connectivity index (χ4n) is 2.86. The second-order valence-electron chi connectivity index (χ2n) is 6.44. The first-order chi connectivity index (χ1) is 14.1. The maximum atomic E-state index is 12.1. The molecule has 1 aromatic heterocycles. The number of hydrogen-bond donors (Lipinski definition) is 1. The van der Waals surface area contributed by atoms with E-state index in [9.17, 15) is 4.79 Å². The van der Waals surface area contributed by atoms with Crippen molar-refractivity contribution in [2.45, 2.75) is 13.3 Å². The molecule has 0 saturated heterocycles. The van der Waals surface area contributed by atoms with Crippen molar-refractivity contribution < 1.29 is 14.3 Å². The van der Waals surface area contributed by atoms with Crippen molar-refractivity contribution in [3.8, 4) is 22.8 Å². The first kappa shape index (κ1) is 20.6. The lowest BCUT2D eigenvalue weighted by atomic mass is 10.1. The molecule has 0 radical (unpaired) electrons. The highest BCUT2D eigenvalue weighted by Gasteiger charge is 2.04. The van der Waals surface area contributed by atoms with Gasteiger partial charge in [-0.2, -0.15) is 0 Å². The highest BCUT2D eigenvalue weighted by Crippen LogP contribution is 2.28. The number of nitrogens with one attached hydrogen (secondary N) is 1. The highest BCUT2D eigenvalue weighted by molar-refractivity contribution is 7.09. The molecule has 150 valence electrons. The summed E-state index contributed by atoms with van der Waals surface area (Å²) in [6, 6.07) is 13.8. The maximum Gasteiger partial charge on any atom is 0.244 e. The normalized spacial score (nSPS) is 10.9. The Morgan fingerprint density at radius 1 is 1.10 bits per heavy atom. The van der Waals surface area contributed by atoms with Crippen LogP contribution < -0.4 is 14.8 Å². The zero-order chi connectivity index (χ0) is 20.6. The van der Waals surface area contributed by atoms with E-state index >= 15 is 0 Å². The van der Waals surface area contributed by atoms with E-state index in [1.54, 1.807) is 31.6 Å². The molecule has 0 aliphatic carbocycles. The molecule has 6 heteroatoms. The average molecular weight is 409 g/mol. The lowest BCUT2D eigenvalue weighted by molar-refractivity contribution is -0.116. The number of hydrogen-bond acceptors (Lipinski definition) is 5. The first-order valence-electron chi connectivity index (χ1n) is 9.28. The Bertz CT molecular complexity index is 994. The summed E-state index contributed by atoms with van der Waals surface area (Å²) in [4.78, 5) is 16.6. The number of carbonyl (C=O) groups is 1. The Kier molecular flexibility index (Phi) is 7.03. The van der Waals surface area contributed by atoms with E-state index < -0.39 is 0 Å². The zero-order valence-electron chi connectivity index (χ0n) is 16.8. The van der Waals surface area contributed by atoms with Gasteiger partial charge < -0.3 is 14.8 Å². The van der Waals surface area contributed by atoms with E-state index in [0.29, 0.717) is 18.0 Å². The number of carbonyl (C=O) groups excluding carboxylic acids is 1. The van der Waals surface area contributed by atoms with Crippen LogP contribution in [0, 0.1) is 6.92 Å². The van der Waals surface area contributed by atoms with Crippen LogP contribution in [0.5, 0.6) is 11.5 Å². The Hall–Kier alpha value is -3.12. The van der Waals surface area contributed by atoms with Gasteiger partial charge in [0.2, 0.25) is 5.91 Å². The molecular formula is C23H24N2O3S. The summed E-state index contributed by atoms with van der Waals surface area (Å²) >= 11 is 1.65. The number of benzene rings is 2. The van der Waals surface area contributed by atoms with Crippen LogP contribution in [0.3, 0.4) is 0 Å². The van der Waals surface area contributed by atoms with Crippen LogP contribution in [-0.2, 0) is 11.2 Å². The van der Waals surface area contributed by atoms with Crippen LogP contribution in [0.25, 0.3) is 17.3 Å². The molecule has 1 heterocycles. The third-order valence-electron chi connectivity index (χ3n) is 4.42. The minimum absolute atomic E-state index is 0.130. The molecule has 1 N–H and O–H groups in total. The van der Waals surface area contributed by atoms with E-state index in [-0.39, 0.29) is 5.91 Å². The minimum Gasteiger partial charge on any atom is -0.493 e. The van der Waals surface area contributed by atoms with Crippen LogP contribution in [0.4, 0.5) is 0 Å². The lowest BCUT2D eigenvalue weighted by Gasteiger charge is -2.07. The van der Waals surface area contributed by atoms with E-state index in [2.05, 4.69) is 39.9 Å². The van der Waals surface area contributed by atoms with Gasteiger partial charge in [0.25, 0.3) is 0 Å². The molecule has 0 saturated carbocycles. The fraction of sp³-hybridized carbons (Fsp3) is 0.217. The average Bonchev–Trinajstić information content (AvgIpc) is 3.18. The summed E-state index contributed by atoms with van der Waals surface area (Å²) in [6.07, 6.45) is 4.04. The zero-order valence-corrected chi connectivity index (χ0v) is 17.6. The smallest absolute Gasteiger partial charge is 0.244 e. The van der Waals surface area contributed by atoms with E-state index in [0.717, 1.165) is 28.2 Å². The number of thiazole rings is 1. The molecule has 0 unspecified atom stereocenters. The van der Waals surface area contributed by atoms with Crippen molar-refractivity contribution in [3.05, 3.63) is 70.1 Å². The molecule has 5 nitrogen and oxygen atoms in total. The number of methoxy groups -OCH3 is 2. The van der Waals surface area contributed by atoms with Crippen molar-refractivity contribution in [1.82, 2.24) is 10.3 Å². The second kappa shape index (κ2) is 9.89. The SMILES string of the molecule is COc1ccc(/C=C/C(=O)NCCc2ccc(-c3csc(C)n3)cc2)cc1OC. The van der Waals surface area contributed by atoms with Crippen LogP contribution in [0.2, 0.25) is 0 Å². The predicted molar refractivity (Wildman–Crippen MR) is 118 cm³/mol.